The first-order valence-electron chi connectivity index (χ1n) is 7.20. The molecule has 4 heteroatoms. The summed E-state index contributed by atoms with van der Waals surface area (Å²) < 4.78 is 0. The first-order valence-corrected chi connectivity index (χ1v) is 7.20. The Balaban J connectivity index is 2.24. The number of unbranched alkanes of at least 4 members (excludes halogenated alkanes) is 1. The molecule has 0 aliphatic carbocycles. The second-order valence-electron chi connectivity index (χ2n) is 5.61. The number of likely N-dealkylation sites (tertiary alicyclic amines) is 1. The Bertz CT molecular complexity index is 250. The fraction of sp³-hybridized carbons (Fsp3) is 0.929. The van der Waals surface area contributed by atoms with E-state index < -0.39 is 5.97 Å². The second-order valence-corrected chi connectivity index (χ2v) is 5.61. The second kappa shape index (κ2) is 7.74. The van der Waals surface area contributed by atoms with E-state index in [9.17, 15) is 4.79 Å². The first kappa shape index (κ1) is 15.4. The smallest absolute Gasteiger partial charge is 0.320 e. The lowest BCUT2D eigenvalue weighted by atomic mass is 9.95. The van der Waals surface area contributed by atoms with E-state index in [2.05, 4.69) is 23.8 Å². The molecule has 0 aromatic carbocycles. The van der Waals surface area contributed by atoms with Crippen LogP contribution >= 0.6 is 0 Å². The van der Waals surface area contributed by atoms with Gasteiger partial charge in [-0.3, -0.25) is 9.69 Å². The highest BCUT2D eigenvalue weighted by atomic mass is 16.4. The van der Waals surface area contributed by atoms with Crippen molar-refractivity contribution in [2.75, 3.05) is 33.2 Å². The summed E-state index contributed by atoms with van der Waals surface area (Å²) >= 11 is 0. The number of nitrogens with zero attached hydrogens (tertiary/aromatic N) is 2. The molecule has 1 atom stereocenters. The lowest BCUT2D eigenvalue weighted by molar-refractivity contribution is -0.143. The summed E-state index contributed by atoms with van der Waals surface area (Å²) in [6.07, 6.45) is 4.78. The largest absolute Gasteiger partial charge is 0.480 e. The molecule has 1 aliphatic heterocycles. The molecule has 1 N–H and O–H groups in total. The van der Waals surface area contributed by atoms with Crippen LogP contribution in [0.5, 0.6) is 0 Å². The minimum absolute atomic E-state index is 0.330. The predicted octanol–water partition coefficient (Wildman–Crippen LogP) is 1.90. The molecular formula is C14H28N2O2. The van der Waals surface area contributed by atoms with Crippen molar-refractivity contribution in [3.05, 3.63) is 0 Å². The van der Waals surface area contributed by atoms with Crippen molar-refractivity contribution in [3.63, 3.8) is 0 Å². The van der Waals surface area contributed by atoms with Gasteiger partial charge in [-0.1, -0.05) is 13.3 Å². The number of hydrogen-bond acceptors (Lipinski definition) is 3. The molecule has 0 radical (unpaired) electrons. The van der Waals surface area contributed by atoms with Crippen LogP contribution in [0.3, 0.4) is 0 Å². The Morgan fingerprint density at radius 3 is 2.56 bits per heavy atom. The van der Waals surface area contributed by atoms with Crippen molar-refractivity contribution >= 4 is 5.97 Å². The first-order chi connectivity index (χ1) is 8.54. The maximum Gasteiger partial charge on any atom is 0.320 e. The van der Waals surface area contributed by atoms with Crippen molar-refractivity contribution < 1.29 is 9.90 Å². The third-order valence-electron chi connectivity index (χ3n) is 4.02. The molecule has 0 aromatic heterocycles. The van der Waals surface area contributed by atoms with Crippen LogP contribution in [0.4, 0.5) is 0 Å². The van der Waals surface area contributed by atoms with Gasteiger partial charge in [0.2, 0.25) is 0 Å². The summed E-state index contributed by atoms with van der Waals surface area (Å²) in [5.41, 5.74) is 0. The molecule has 1 fully saturated rings. The fourth-order valence-corrected chi connectivity index (χ4v) is 2.64. The number of aliphatic carboxylic acids is 1. The summed E-state index contributed by atoms with van der Waals surface area (Å²) in [5.74, 6) is 0.0395. The Morgan fingerprint density at radius 2 is 2.06 bits per heavy atom. The predicted molar refractivity (Wildman–Crippen MR) is 73.8 cm³/mol. The summed E-state index contributed by atoms with van der Waals surface area (Å²) in [5, 5.41) is 8.99. The summed E-state index contributed by atoms with van der Waals surface area (Å²) in [6, 6.07) is -0.330. The quantitative estimate of drug-likeness (QED) is 0.755. The van der Waals surface area contributed by atoms with Gasteiger partial charge in [0.1, 0.15) is 6.04 Å². The molecule has 0 aromatic rings. The van der Waals surface area contributed by atoms with E-state index in [1.165, 1.54) is 19.4 Å². The highest BCUT2D eigenvalue weighted by Crippen LogP contribution is 2.19. The zero-order valence-electron chi connectivity index (χ0n) is 12.1. The Kier molecular flexibility index (Phi) is 6.65. The number of carboxylic acid groups (broad SMARTS) is 1. The van der Waals surface area contributed by atoms with Crippen molar-refractivity contribution in [2.24, 2.45) is 5.92 Å². The van der Waals surface area contributed by atoms with E-state index >= 15 is 0 Å². The van der Waals surface area contributed by atoms with Gasteiger partial charge in [-0.05, 0) is 58.8 Å². The molecule has 0 saturated carbocycles. The van der Waals surface area contributed by atoms with E-state index in [-0.39, 0.29) is 6.04 Å². The van der Waals surface area contributed by atoms with Crippen molar-refractivity contribution in [1.82, 2.24) is 9.80 Å². The number of carboxylic acids is 1. The maximum atomic E-state index is 10.9. The van der Waals surface area contributed by atoms with Gasteiger partial charge in [0.15, 0.2) is 0 Å². The molecule has 0 bridgehead atoms. The van der Waals surface area contributed by atoms with Gasteiger partial charge in [0, 0.05) is 6.54 Å². The van der Waals surface area contributed by atoms with Gasteiger partial charge in [-0.15, -0.1) is 0 Å². The highest BCUT2D eigenvalue weighted by Gasteiger charge is 2.26. The molecule has 18 heavy (non-hydrogen) atoms. The summed E-state index contributed by atoms with van der Waals surface area (Å²) in [6.45, 7) is 8.21. The number of rotatable bonds is 7. The van der Waals surface area contributed by atoms with Gasteiger partial charge < -0.3 is 10.0 Å². The Hall–Kier alpha value is -0.610. The molecule has 1 saturated heterocycles. The van der Waals surface area contributed by atoms with Crippen LogP contribution in [0, 0.1) is 5.92 Å². The van der Waals surface area contributed by atoms with Gasteiger partial charge in [0.05, 0.1) is 0 Å². The van der Waals surface area contributed by atoms with Crippen LogP contribution in [0.2, 0.25) is 0 Å². The number of carbonyl (C=O) groups is 1. The highest BCUT2D eigenvalue weighted by molar-refractivity contribution is 5.72. The molecule has 4 nitrogen and oxygen atoms in total. The van der Waals surface area contributed by atoms with Crippen LogP contribution in [-0.2, 0) is 4.79 Å². The Labute approximate surface area is 111 Å². The zero-order valence-corrected chi connectivity index (χ0v) is 12.1. The minimum Gasteiger partial charge on any atom is -0.480 e. The third kappa shape index (κ3) is 4.94. The lowest BCUT2D eigenvalue weighted by Crippen LogP contribution is -2.45. The summed E-state index contributed by atoms with van der Waals surface area (Å²) in [7, 11) is 2.20. The van der Waals surface area contributed by atoms with Crippen molar-refractivity contribution in [1.29, 1.82) is 0 Å². The molecule has 1 rings (SSSR count). The molecule has 0 spiro atoms. The van der Waals surface area contributed by atoms with E-state index in [4.69, 9.17) is 5.11 Å². The van der Waals surface area contributed by atoms with Gasteiger partial charge >= 0.3 is 5.97 Å². The lowest BCUT2D eigenvalue weighted by Gasteiger charge is -2.35. The van der Waals surface area contributed by atoms with E-state index in [0.717, 1.165) is 38.4 Å². The van der Waals surface area contributed by atoms with E-state index in [0.29, 0.717) is 0 Å². The summed E-state index contributed by atoms with van der Waals surface area (Å²) in [4.78, 5) is 15.4. The minimum atomic E-state index is -0.700. The molecule has 1 heterocycles. The average molecular weight is 256 g/mol. The van der Waals surface area contributed by atoms with Gasteiger partial charge in [-0.25, -0.2) is 0 Å². The van der Waals surface area contributed by atoms with Crippen LogP contribution in [0.25, 0.3) is 0 Å². The number of hydrogen-bond donors (Lipinski definition) is 1. The van der Waals surface area contributed by atoms with Crippen molar-refractivity contribution in [2.45, 2.75) is 45.6 Å². The van der Waals surface area contributed by atoms with Crippen molar-refractivity contribution in [3.8, 4) is 0 Å². The van der Waals surface area contributed by atoms with Crippen LogP contribution in [-0.4, -0.2) is 60.1 Å². The van der Waals surface area contributed by atoms with Gasteiger partial charge in [-0.2, -0.15) is 0 Å². The molecule has 1 aliphatic rings. The average Bonchev–Trinajstić information content (AvgIpc) is 2.36. The number of piperidine rings is 1. The fourth-order valence-electron chi connectivity index (χ4n) is 2.64. The molecular weight excluding hydrogens is 228 g/mol. The molecule has 0 amide bonds. The maximum absolute atomic E-state index is 10.9. The monoisotopic (exact) mass is 256 g/mol. The molecule has 1 unspecified atom stereocenters. The molecule has 106 valence electrons. The van der Waals surface area contributed by atoms with Gasteiger partial charge in [0.25, 0.3) is 0 Å². The van der Waals surface area contributed by atoms with Crippen LogP contribution in [0.1, 0.15) is 39.5 Å². The van der Waals surface area contributed by atoms with Crippen LogP contribution in [0.15, 0.2) is 0 Å². The van der Waals surface area contributed by atoms with E-state index in [1.54, 1.807) is 6.92 Å². The topological polar surface area (TPSA) is 43.8 Å². The Morgan fingerprint density at radius 1 is 1.44 bits per heavy atom. The normalized spacial score (nSPS) is 20.2. The SMILES string of the molecule is CCCCN(C)CC1CCN(C(C)C(=O)O)CC1. The van der Waals surface area contributed by atoms with Crippen LogP contribution < -0.4 is 0 Å². The third-order valence-corrected chi connectivity index (χ3v) is 4.02. The van der Waals surface area contributed by atoms with E-state index in [1.807, 2.05) is 0 Å². The zero-order chi connectivity index (χ0) is 13.5. The standard InChI is InChI=1S/C14H28N2O2/c1-4-5-8-15(3)11-13-6-9-16(10-7-13)12(2)14(17)18/h12-13H,4-11H2,1-3H3,(H,17,18).